The maximum Gasteiger partial charge on any atom is 0.261 e. The number of piperidine rings is 1. The zero-order valence-corrected chi connectivity index (χ0v) is 17.5. The van der Waals surface area contributed by atoms with Crippen molar-refractivity contribution in [2.24, 2.45) is 0 Å². The Morgan fingerprint density at radius 1 is 1.31 bits per heavy atom. The number of fused-ring (bicyclic) bond motifs is 1. The van der Waals surface area contributed by atoms with E-state index >= 15 is 0 Å². The van der Waals surface area contributed by atoms with E-state index in [4.69, 9.17) is 11.6 Å². The lowest BCUT2D eigenvalue weighted by molar-refractivity contribution is 0.0921. The highest BCUT2D eigenvalue weighted by molar-refractivity contribution is 7.20. The Hall–Kier alpha value is -2.29. The molecule has 1 amide bonds. The highest BCUT2D eigenvalue weighted by Crippen LogP contribution is 2.27. The average Bonchev–Trinajstić information content (AvgIpc) is 3.16. The minimum atomic E-state index is -0.459. The molecule has 1 aliphatic rings. The summed E-state index contributed by atoms with van der Waals surface area (Å²) in [4.78, 5) is 25.0. The van der Waals surface area contributed by atoms with Crippen LogP contribution in [-0.2, 0) is 6.54 Å². The Morgan fingerprint density at radius 2 is 2.10 bits per heavy atom. The monoisotopic (exact) mass is 433 g/mol. The number of rotatable bonds is 5. The van der Waals surface area contributed by atoms with Gasteiger partial charge in [0, 0.05) is 17.1 Å². The second kappa shape index (κ2) is 8.61. The molecule has 1 aromatic carbocycles. The summed E-state index contributed by atoms with van der Waals surface area (Å²) in [7, 11) is 2.10. The van der Waals surface area contributed by atoms with Crippen LogP contribution in [0.3, 0.4) is 0 Å². The van der Waals surface area contributed by atoms with Gasteiger partial charge >= 0.3 is 0 Å². The summed E-state index contributed by atoms with van der Waals surface area (Å²) < 4.78 is 13.3. The molecule has 1 fully saturated rings. The Balaban J connectivity index is 1.47. The molecular weight excluding hydrogens is 413 g/mol. The molecule has 0 saturated carbocycles. The van der Waals surface area contributed by atoms with Crippen molar-refractivity contribution in [2.45, 2.75) is 25.4 Å². The lowest BCUT2D eigenvalue weighted by atomic mass is 10.1. The first-order valence-electron chi connectivity index (χ1n) is 9.41. The van der Waals surface area contributed by atoms with Gasteiger partial charge in [0.05, 0.1) is 22.1 Å². The predicted octanol–water partition coefficient (Wildman–Crippen LogP) is 3.92. The SMILES string of the molecule is CN1CCC(NC(=O)c2cc3c(CNc4ccc(F)c(Cl)c4)ncnc3s2)CC1. The van der Waals surface area contributed by atoms with E-state index < -0.39 is 5.82 Å². The molecule has 0 radical (unpaired) electrons. The molecule has 9 heteroatoms. The van der Waals surface area contributed by atoms with E-state index in [1.807, 2.05) is 6.07 Å². The molecule has 152 valence electrons. The first-order valence-corrected chi connectivity index (χ1v) is 10.6. The summed E-state index contributed by atoms with van der Waals surface area (Å²) in [5.41, 5.74) is 1.46. The number of anilines is 1. The van der Waals surface area contributed by atoms with Crippen LogP contribution in [0.15, 0.2) is 30.6 Å². The number of carbonyl (C=O) groups excluding carboxylic acids is 1. The minimum absolute atomic E-state index is 0.0613. The molecule has 0 bridgehead atoms. The van der Waals surface area contributed by atoms with Crippen molar-refractivity contribution in [1.82, 2.24) is 20.2 Å². The highest BCUT2D eigenvalue weighted by Gasteiger charge is 2.21. The van der Waals surface area contributed by atoms with Gasteiger partial charge in [0.25, 0.3) is 5.91 Å². The molecule has 0 atom stereocenters. The van der Waals surface area contributed by atoms with E-state index in [1.54, 1.807) is 6.07 Å². The summed E-state index contributed by atoms with van der Waals surface area (Å²) in [6.45, 7) is 2.39. The van der Waals surface area contributed by atoms with Crippen molar-refractivity contribution in [3.05, 3.63) is 52.0 Å². The molecule has 1 aliphatic heterocycles. The summed E-state index contributed by atoms with van der Waals surface area (Å²) in [5, 5.41) is 7.22. The van der Waals surface area contributed by atoms with Crippen LogP contribution >= 0.6 is 22.9 Å². The maximum absolute atomic E-state index is 13.3. The van der Waals surface area contributed by atoms with E-state index in [0.717, 1.165) is 41.8 Å². The van der Waals surface area contributed by atoms with Gasteiger partial charge in [-0.25, -0.2) is 14.4 Å². The normalized spacial score (nSPS) is 15.6. The average molecular weight is 434 g/mol. The Bertz CT molecular complexity index is 1030. The van der Waals surface area contributed by atoms with Gasteiger partial charge in [-0.05, 0) is 57.2 Å². The van der Waals surface area contributed by atoms with E-state index in [0.29, 0.717) is 17.1 Å². The van der Waals surface area contributed by atoms with E-state index in [1.165, 1.54) is 29.8 Å². The van der Waals surface area contributed by atoms with Crippen LogP contribution in [0.4, 0.5) is 10.1 Å². The molecule has 29 heavy (non-hydrogen) atoms. The topological polar surface area (TPSA) is 70.2 Å². The van der Waals surface area contributed by atoms with Crippen LogP contribution in [0.5, 0.6) is 0 Å². The molecule has 4 rings (SSSR count). The number of aromatic nitrogens is 2. The molecule has 2 aromatic heterocycles. The third-order valence-electron chi connectivity index (χ3n) is 5.07. The minimum Gasteiger partial charge on any atom is -0.379 e. The fourth-order valence-corrected chi connectivity index (χ4v) is 4.46. The second-order valence-corrected chi connectivity index (χ2v) is 8.62. The number of amides is 1. The van der Waals surface area contributed by atoms with Gasteiger partial charge in [-0.15, -0.1) is 11.3 Å². The number of benzene rings is 1. The van der Waals surface area contributed by atoms with Crippen molar-refractivity contribution in [2.75, 3.05) is 25.5 Å². The van der Waals surface area contributed by atoms with E-state index in [2.05, 4.69) is 32.5 Å². The van der Waals surface area contributed by atoms with Crippen LogP contribution in [0.1, 0.15) is 28.2 Å². The third-order valence-corrected chi connectivity index (χ3v) is 6.40. The molecule has 1 saturated heterocycles. The molecule has 0 unspecified atom stereocenters. The third kappa shape index (κ3) is 4.66. The number of thiophene rings is 1. The molecular formula is C20H21ClFN5OS. The first-order chi connectivity index (χ1) is 14.0. The predicted molar refractivity (Wildman–Crippen MR) is 114 cm³/mol. The Kier molecular flexibility index (Phi) is 5.94. The van der Waals surface area contributed by atoms with Crippen LogP contribution in [0, 0.1) is 5.82 Å². The van der Waals surface area contributed by atoms with E-state index in [9.17, 15) is 9.18 Å². The lowest BCUT2D eigenvalue weighted by Gasteiger charge is -2.29. The zero-order valence-electron chi connectivity index (χ0n) is 15.9. The molecule has 0 aliphatic carbocycles. The van der Waals surface area contributed by atoms with Crippen molar-refractivity contribution in [3.63, 3.8) is 0 Å². The number of nitrogens with one attached hydrogen (secondary N) is 2. The Labute approximate surface area is 177 Å². The smallest absolute Gasteiger partial charge is 0.261 e. The van der Waals surface area contributed by atoms with Gasteiger partial charge in [0.2, 0.25) is 0 Å². The maximum atomic E-state index is 13.3. The van der Waals surface area contributed by atoms with Gasteiger partial charge in [0.1, 0.15) is 17.0 Å². The molecule has 2 N–H and O–H groups in total. The number of carbonyl (C=O) groups is 1. The van der Waals surface area contributed by atoms with Crippen molar-refractivity contribution in [1.29, 1.82) is 0 Å². The van der Waals surface area contributed by atoms with Crippen LogP contribution in [0.25, 0.3) is 10.2 Å². The van der Waals surface area contributed by atoms with Gasteiger partial charge in [-0.2, -0.15) is 0 Å². The quantitative estimate of drug-likeness (QED) is 0.638. The number of likely N-dealkylation sites (tertiary alicyclic amines) is 1. The molecule has 6 nitrogen and oxygen atoms in total. The largest absolute Gasteiger partial charge is 0.379 e. The summed E-state index contributed by atoms with van der Waals surface area (Å²) in [6, 6.07) is 6.52. The number of halogens is 2. The zero-order chi connectivity index (χ0) is 20.4. The van der Waals surface area contributed by atoms with E-state index in [-0.39, 0.29) is 17.0 Å². The summed E-state index contributed by atoms with van der Waals surface area (Å²) >= 11 is 7.19. The van der Waals surface area contributed by atoms with Gasteiger partial charge < -0.3 is 15.5 Å². The summed E-state index contributed by atoms with van der Waals surface area (Å²) in [5.74, 6) is -0.522. The first kappa shape index (κ1) is 20.0. The van der Waals surface area contributed by atoms with Crippen LogP contribution in [-0.4, -0.2) is 47.0 Å². The van der Waals surface area contributed by atoms with Crippen LogP contribution in [0.2, 0.25) is 5.02 Å². The van der Waals surface area contributed by atoms with Gasteiger partial charge in [0.15, 0.2) is 0 Å². The number of hydrogen-bond acceptors (Lipinski definition) is 6. The molecule has 3 aromatic rings. The van der Waals surface area contributed by atoms with Crippen LogP contribution < -0.4 is 10.6 Å². The second-order valence-electron chi connectivity index (χ2n) is 7.18. The Morgan fingerprint density at radius 3 is 2.86 bits per heavy atom. The molecule has 3 heterocycles. The number of nitrogens with zero attached hydrogens (tertiary/aromatic N) is 3. The fraction of sp³-hybridized carbons (Fsp3) is 0.350. The van der Waals surface area contributed by atoms with Crippen molar-refractivity contribution < 1.29 is 9.18 Å². The summed E-state index contributed by atoms with van der Waals surface area (Å²) in [6.07, 6.45) is 3.41. The van der Waals surface area contributed by atoms with Gasteiger partial charge in [-0.3, -0.25) is 4.79 Å². The lowest BCUT2D eigenvalue weighted by Crippen LogP contribution is -2.43. The standard InChI is InChI=1S/C20H21ClFN5OS/c1-27-6-4-12(5-7-27)26-19(28)18-9-14-17(24-11-25-20(14)29-18)10-23-13-2-3-16(22)15(21)8-13/h2-3,8-9,11-12,23H,4-7,10H2,1H3,(H,26,28). The van der Waals surface area contributed by atoms with Crippen molar-refractivity contribution >= 4 is 44.7 Å². The van der Waals surface area contributed by atoms with Crippen molar-refractivity contribution in [3.8, 4) is 0 Å². The number of hydrogen-bond donors (Lipinski definition) is 2. The molecule has 0 spiro atoms. The van der Waals surface area contributed by atoms with Gasteiger partial charge in [-0.1, -0.05) is 11.6 Å². The fourth-order valence-electron chi connectivity index (χ4n) is 3.36. The highest BCUT2D eigenvalue weighted by atomic mass is 35.5.